The fourth-order valence-corrected chi connectivity index (χ4v) is 2.82. The van der Waals surface area contributed by atoms with Crippen LogP contribution in [0, 0.1) is 0 Å². The summed E-state index contributed by atoms with van der Waals surface area (Å²) in [5.41, 5.74) is 9.70. The predicted molar refractivity (Wildman–Crippen MR) is 75.5 cm³/mol. The molecule has 2 nitrogen and oxygen atoms in total. The number of allylic oxidation sites excluding steroid dienone is 4. The summed E-state index contributed by atoms with van der Waals surface area (Å²) in [7, 11) is 0. The van der Waals surface area contributed by atoms with Gasteiger partial charge >= 0.3 is 0 Å². The second-order valence-corrected chi connectivity index (χ2v) is 4.65. The molecule has 0 radical (unpaired) electrons. The molecule has 78 valence electrons. The first-order valence-electron chi connectivity index (χ1n) is 4.61. The fourth-order valence-electron chi connectivity index (χ4n) is 2.01. The lowest BCUT2D eigenvalue weighted by atomic mass is 9.95. The lowest BCUT2D eigenvalue weighted by molar-refractivity contribution is 1.24. The normalized spacial score (nSPS) is 17.0. The largest absolute Gasteiger partial charge is 0.375 e. The van der Waals surface area contributed by atoms with Gasteiger partial charge in [-0.2, -0.15) is 0 Å². The number of thiazole rings is 1. The van der Waals surface area contributed by atoms with Gasteiger partial charge in [-0.15, -0.1) is 24.0 Å². The van der Waals surface area contributed by atoms with Crippen molar-refractivity contribution < 1.29 is 0 Å². The maximum atomic E-state index is 5.69. The summed E-state index contributed by atoms with van der Waals surface area (Å²) in [6.45, 7) is 2.14. The van der Waals surface area contributed by atoms with Gasteiger partial charge in [0.25, 0.3) is 0 Å². The van der Waals surface area contributed by atoms with E-state index in [0.29, 0.717) is 5.13 Å². The molecule has 0 amide bonds. The van der Waals surface area contributed by atoms with Crippen LogP contribution in [0.5, 0.6) is 0 Å². The lowest BCUT2D eigenvalue weighted by Crippen LogP contribution is -2.19. The van der Waals surface area contributed by atoms with Crippen molar-refractivity contribution in [3.63, 3.8) is 0 Å². The van der Waals surface area contributed by atoms with Crippen molar-refractivity contribution >= 4 is 52.1 Å². The zero-order chi connectivity index (χ0) is 9.71. The first kappa shape index (κ1) is 10.9. The van der Waals surface area contributed by atoms with Gasteiger partial charge < -0.3 is 5.73 Å². The number of hydrogen-bond donors (Lipinski definition) is 1. The van der Waals surface area contributed by atoms with Crippen molar-refractivity contribution in [2.24, 2.45) is 0 Å². The second-order valence-electron chi connectivity index (χ2n) is 3.59. The zero-order valence-electron chi connectivity index (χ0n) is 8.28. The van der Waals surface area contributed by atoms with E-state index in [9.17, 15) is 0 Å². The second kappa shape index (κ2) is 3.75. The van der Waals surface area contributed by atoms with Gasteiger partial charge in [0.1, 0.15) is 0 Å². The number of halogens is 1. The maximum Gasteiger partial charge on any atom is 0.181 e. The maximum absolute atomic E-state index is 5.69. The van der Waals surface area contributed by atoms with E-state index in [4.69, 9.17) is 5.73 Å². The topological polar surface area (TPSA) is 38.9 Å². The number of nitrogen functional groups attached to an aromatic ring is 1. The molecule has 3 rings (SSSR count). The molecular weight excluding hydrogens is 319 g/mol. The number of nitrogens with zero attached hydrogens (tertiary/aromatic N) is 1. The molecule has 2 aliphatic rings. The van der Waals surface area contributed by atoms with Crippen LogP contribution in [-0.4, -0.2) is 4.98 Å². The Balaban J connectivity index is 0.000000853. The third kappa shape index (κ3) is 1.56. The lowest BCUT2D eigenvalue weighted by Gasteiger charge is -2.09. The number of fused-ring (bicyclic) bond motifs is 2. The molecule has 15 heavy (non-hydrogen) atoms. The van der Waals surface area contributed by atoms with E-state index in [1.165, 1.54) is 21.3 Å². The predicted octanol–water partition coefficient (Wildman–Crippen LogP) is 1.56. The summed E-state index contributed by atoms with van der Waals surface area (Å²) >= 11 is 1.57. The highest BCUT2D eigenvalue weighted by Gasteiger charge is 2.17. The smallest absolute Gasteiger partial charge is 0.181 e. The van der Waals surface area contributed by atoms with E-state index >= 15 is 0 Å². The van der Waals surface area contributed by atoms with Gasteiger partial charge in [-0.05, 0) is 36.1 Å². The minimum Gasteiger partial charge on any atom is -0.375 e. The fraction of sp³-hybridized carbons (Fsp3) is 0.182. The summed E-state index contributed by atoms with van der Waals surface area (Å²) in [5.74, 6) is 0. The highest BCUT2D eigenvalue weighted by atomic mass is 127. The van der Waals surface area contributed by atoms with Crippen molar-refractivity contribution in [2.45, 2.75) is 13.3 Å². The van der Waals surface area contributed by atoms with Gasteiger partial charge in [-0.1, -0.05) is 23.5 Å². The summed E-state index contributed by atoms with van der Waals surface area (Å²) in [5, 5.41) is 1.77. The number of anilines is 1. The number of rotatable bonds is 0. The average molecular weight is 330 g/mol. The molecule has 0 aromatic carbocycles. The van der Waals surface area contributed by atoms with Gasteiger partial charge in [-0.3, -0.25) is 0 Å². The molecule has 0 saturated heterocycles. The molecule has 2 aliphatic carbocycles. The van der Waals surface area contributed by atoms with Crippen LogP contribution in [0.2, 0.25) is 0 Å². The Hall–Kier alpha value is -0.620. The molecule has 0 spiro atoms. The highest BCUT2D eigenvalue weighted by Crippen LogP contribution is 2.27. The molecule has 0 atom stereocenters. The van der Waals surface area contributed by atoms with Crippen LogP contribution in [-0.2, 0) is 0 Å². The summed E-state index contributed by atoms with van der Waals surface area (Å²) in [6, 6.07) is 0. The summed E-state index contributed by atoms with van der Waals surface area (Å²) < 4.78 is 1.22. The van der Waals surface area contributed by atoms with Gasteiger partial charge in [0.05, 0.1) is 9.88 Å². The van der Waals surface area contributed by atoms with Crippen LogP contribution in [0.25, 0.3) is 11.6 Å². The average Bonchev–Trinajstić information content (AvgIpc) is 2.63. The van der Waals surface area contributed by atoms with E-state index in [0.717, 1.165) is 11.8 Å². The van der Waals surface area contributed by atoms with Crippen molar-refractivity contribution in [2.75, 3.05) is 5.73 Å². The summed E-state index contributed by atoms with van der Waals surface area (Å²) in [4.78, 5) is 4.37. The molecule has 2 N–H and O–H groups in total. The van der Waals surface area contributed by atoms with Crippen molar-refractivity contribution in [3.8, 4) is 0 Å². The first-order chi connectivity index (χ1) is 6.75. The Kier molecular flexibility index (Phi) is 2.72. The monoisotopic (exact) mass is 330 g/mol. The van der Waals surface area contributed by atoms with E-state index in [1.807, 2.05) is 0 Å². The highest BCUT2D eigenvalue weighted by molar-refractivity contribution is 14.0. The minimum atomic E-state index is 0. The Morgan fingerprint density at radius 2 is 2.27 bits per heavy atom. The Labute approximate surface area is 109 Å². The molecule has 0 bridgehead atoms. The van der Waals surface area contributed by atoms with E-state index in [-0.39, 0.29) is 24.0 Å². The van der Waals surface area contributed by atoms with Crippen LogP contribution in [0.15, 0.2) is 23.3 Å². The Bertz CT molecular complexity index is 593. The molecule has 1 aromatic rings. The molecule has 1 heterocycles. The standard InChI is InChI=1S/C11H10N2S.HI/c1-6-3-2-4-7-8(6)5-9-10(7)13-11(12)14-9;/h2-3,5H,4H2,1H3,(H2,12,13);1H. The minimum absolute atomic E-state index is 0. The van der Waals surface area contributed by atoms with Crippen molar-refractivity contribution in [1.29, 1.82) is 0 Å². The van der Waals surface area contributed by atoms with E-state index in [1.54, 1.807) is 11.3 Å². The van der Waals surface area contributed by atoms with E-state index in [2.05, 4.69) is 30.1 Å². The van der Waals surface area contributed by atoms with Crippen molar-refractivity contribution in [3.05, 3.63) is 33.2 Å². The number of hydrogen-bond acceptors (Lipinski definition) is 3. The quantitative estimate of drug-likeness (QED) is 0.734. The first-order valence-corrected chi connectivity index (χ1v) is 5.42. The molecule has 0 saturated carbocycles. The zero-order valence-corrected chi connectivity index (χ0v) is 11.4. The third-order valence-corrected chi connectivity index (χ3v) is 3.50. The molecule has 0 fully saturated rings. The molecule has 1 aromatic heterocycles. The van der Waals surface area contributed by atoms with Crippen LogP contribution in [0.3, 0.4) is 0 Å². The van der Waals surface area contributed by atoms with Gasteiger partial charge in [0.2, 0.25) is 0 Å². The van der Waals surface area contributed by atoms with Gasteiger partial charge in [0, 0.05) is 0 Å². The molecule has 0 aliphatic heterocycles. The molecule has 4 heteroatoms. The van der Waals surface area contributed by atoms with Crippen LogP contribution in [0.1, 0.15) is 13.3 Å². The van der Waals surface area contributed by atoms with Gasteiger partial charge in [0.15, 0.2) is 5.13 Å². The van der Waals surface area contributed by atoms with Gasteiger partial charge in [-0.25, -0.2) is 4.98 Å². The third-order valence-electron chi connectivity index (χ3n) is 2.67. The summed E-state index contributed by atoms with van der Waals surface area (Å²) in [6.07, 6.45) is 7.55. The number of nitrogens with two attached hydrogens (primary N) is 1. The van der Waals surface area contributed by atoms with Crippen LogP contribution < -0.4 is 15.6 Å². The van der Waals surface area contributed by atoms with Crippen molar-refractivity contribution in [1.82, 2.24) is 4.98 Å². The number of aromatic nitrogens is 1. The molecule has 0 unspecified atom stereocenters. The van der Waals surface area contributed by atoms with E-state index < -0.39 is 0 Å². The Morgan fingerprint density at radius 3 is 3.07 bits per heavy atom. The molecular formula is C11H11IN2S. The van der Waals surface area contributed by atoms with Crippen LogP contribution in [0.4, 0.5) is 5.13 Å². The van der Waals surface area contributed by atoms with Crippen LogP contribution >= 0.6 is 35.3 Å². The SMILES string of the molecule is CC1=C2C=c3sc(N)nc3=C2CC=C1.I. The Morgan fingerprint density at radius 1 is 1.47 bits per heavy atom.